The normalized spacial score (nSPS) is 29.1. The molecule has 1 aliphatic heterocycles. The molecular weight excluding hydrogens is 274 g/mol. The molecule has 5 nitrogen and oxygen atoms in total. The summed E-state index contributed by atoms with van der Waals surface area (Å²) in [5.74, 6) is 0.587. The smallest absolute Gasteiger partial charge is 0.279 e. The summed E-state index contributed by atoms with van der Waals surface area (Å²) < 4.78 is 28.4. The average Bonchev–Trinajstić information content (AvgIpc) is 3.00. The zero-order valence-corrected chi connectivity index (χ0v) is 12.7. The van der Waals surface area contributed by atoms with Crippen LogP contribution in [0.2, 0.25) is 0 Å². The molecule has 1 saturated heterocycles. The van der Waals surface area contributed by atoms with E-state index in [-0.39, 0.29) is 18.4 Å². The topological polar surface area (TPSA) is 61.4 Å². The van der Waals surface area contributed by atoms with Crippen LogP contribution in [-0.2, 0) is 10.2 Å². The fourth-order valence-electron chi connectivity index (χ4n) is 2.30. The van der Waals surface area contributed by atoms with Crippen molar-refractivity contribution in [3.8, 4) is 0 Å². The minimum absolute atomic E-state index is 0. The van der Waals surface area contributed by atoms with Crippen LogP contribution in [0.15, 0.2) is 0 Å². The molecule has 2 N–H and O–H groups in total. The van der Waals surface area contributed by atoms with Gasteiger partial charge in [-0.1, -0.05) is 0 Å². The van der Waals surface area contributed by atoms with E-state index in [1.165, 1.54) is 17.1 Å². The van der Waals surface area contributed by atoms with Gasteiger partial charge in [0, 0.05) is 25.7 Å². The predicted octanol–water partition coefficient (Wildman–Crippen LogP) is 0.725. The average molecular weight is 298 g/mol. The van der Waals surface area contributed by atoms with Gasteiger partial charge in [0.25, 0.3) is 10.2 Å². The van der Waals surface area contributed by atoms with Crippen LogP contribution in [0, 0.1) is 5.92 Å². The summed E-state index contributed by atoms with van der Waals surface area (Å²) in [5, 5.41) is 3.32. The standard InChI is InChI=1S/C11H23N3O2S.ClH/c1-9-7-11(5-6-12-9)13-17(15,16)14(2)8-10-3-4-10;/h9-13H,3-8H2,1-2H3;1H. The van der Waals surface area contributed by atoms with E-state index < -0.39 is 10.2 Å². The van der Waals surface area contributed by atoms with E-state index in [1.54, 1.807) is 7.05 Å². The largest absolute Gasteiger partial charge is 0.314 e. The van der Waals surface area contributed by atoms with Gasteiger partial charge in [-0.15, -0.1) is 12.4 Å². The lowest BCUT2D eigenvalue weighted by molar-refractivity contribution is 0.350. The number of nitrogens with zero attached hydrogens (tertiary/aromatic N) is 1. The van der Waals surface area contributed by atoms with Gasteiger partial charge < -0.3 is 5.32 Å². The molecule has 1 saturated carbocycles. The van der Waals surface area contributed by atoms with Crippen LogP contribution in [-0.4, -0.2) is 44.9 Å². The molecule has 1 aliphatic carbocycles. The number of nitrogens with one attached hydrogen (secondary N) is 2. The summed E-state index contributed by atoms with van der Waals surface area (Å²) >= 11 is 0. The zero-order valence-electron chi connectivity index (χ0n) is 11.1. The summed E-state index contributed by atoms with van der Waals surface area (Å²) in [5.41, 5.74) is 0. The fraction of sp³-hybridized carbons (Fsp3) is 1.00. The maximum atomic E-state index is 12.1. The quantitative estimate of drug-likeness (QED) is 0.786. The zero-order chi connectivity index (χ0) is 12.5. The van der Waals surface area contributed by atoms with Crippen LogP contribution in [0.25, 0.3) is 0 Å². The first-order valence-electron chi connectivity index (χ1n) is 6.44. The van der Waals surface area contributed by atoms with E-state index in [0.29, 0.717) is 18.5 Å². The van der Waals surface area contributed by atoms with E-state index in [1.807, 2.05) is 0 Å². The number of piperidine rings is 1. The van der Waals surface area contributed by atoms with Crippen molar-refractivity contribution in [2.24, 2.45) is 5.92 Å². The molecule has 0 radical (unpaired) electrons. The van der Waals surface area contributed by atoms with Gasteiger partial charge in [0.15, 0.2) is 0 Å². The molecule has 0 amide bonds. The second kappa shape index (κ2) is 6.52. The summed E-state index contributed by atoms with van der Waals surface area (Å²) in [6.07, 6.45) is 4.09. The maximum absolute atomic E-state index is 12.1. The number of hydrogen-bond donors (Lipinski definition) is 2. The highest BCUT2D eigenvalue weighted by Crippen LogP contribution is 2.29. The molecule has 2 rings (SSSR count). The van der Waals surface area contributed by atoms with Crippen molar-refractivity contribution in [2.75, 3.05) is 20.1 Å². The molecule has 1 heterocycles. The fourth-order valence-corrected chi connectivity index (χ4v) is 3.52. The van der Waals surface area contributed by atoms with Crippen LogP contribution in [0.1, 0.15) is 32.6 Å². The molecule has 2 atom stereocenters. The lowest BCUT2D eigenvalue weighted by atomic mass is 10.0. The first-order chi connectivity index (χ1) is 7.97. The summed E-state index contributed by atoms with van der Waals surface area (Å²) in [6, 6.07) is 0.475. The number of rotatable bonds is 5. The molecule has 2 aliphatic rings. The number of hydrogen-bond acceptors (Lipinski definition) is 3. The minimum Gasteiger partial charge on any atom is -0.314 e. The second-order valence-electron chi connectivity index (χ2n) is 5.42. The van der Waals surface area contributed by atoms with Gasteiger partial charge in [0.2, 0.25) is 0 Å². The highest BCUT2D eigenvalue weighted by molar-refractivity contribution is 7.87. The van der Waals surface area contributed by atoms with Crippen LogP contribution in [0.4, 0.5) is 0 Å². The van der Waals surface area contributed by atoms with Gasteiger partial charge in [0.05, 0.1) is 0 Å². The Morgan fingerprint density at radius 3 is 2.56 bits per heavy atom. The van der Waals surface area contributed by atoms with Crippen LogP contribution < -0.4 is 10.0 Å². The molecule has 0 aromatic heterocycles. The van der Waals surface area contributed by atoms with E-state index in [0.717, 1.165) is 19.4 Å². The van der Waals surface area contributed by atoms with Gasteiger partial charge in [-0.3, -0.25) is 0 Å². The summed E-state index contributed by atoms with van der Waals surface area (Å²) in [6.45, 7) is 3.64. The van der Waals surface area contributed by atoms with Crippen LogP contribution >= 0.6 is 12.4 Å². The molecule has 108 valence electrons. The monoisotopic (exact) mass is 297 g/mol. The van der Waals surface area contributed by atoms with Crippen molar-refractivity contribution in [1.29, 1.82) is 0 Å². The molecule has 7 heteroatoms. The van der Waals surface area contributed by atoms with Crippen molar-refractivity contribution in [1.82, 2.24) is 14.3 Å². The lowest BCUT2D eigenvalue weighted by Gasteiger charge is -2.30. The lowest BCUT2D eigenvalue weighted by Crippen LogP contribution is -2.50. The van der Waals surface area contributed by atoms with E-state index in [9.17, 15) is 8.42 Å². The van der Waals surface area contributed by atoms with Crippen molar-refractivity contribution in [3.05, 3.63) is 0 Å². The molecule has 0 bridgehead atoms. The summed E-state index contributed by atoms with van der Waals surface area (Å²) in [7, 11) is -1.61. The van der Waals surface area contributed by atoms with Crippen LogP contribution in [0.5, 0.6) is 0 Å². The third-order valence-electron chi connectivity index (χ3n) is 3.56. The predicted molar refractivity (Wildman–Crippen MR) is 75.1 cm³/mol. The van der Waals surface area contributed by atoms with Gasteiger partial charge in [-0.2, -0.15) is 17.4 Å². The van der Waals surface area contributed by atoms with Gasteiger partial charge in [0.1, 0.15) is 0 Å². The van der Waals surface area contributed by atoms with Gasteiger partial charge >= 0.3 is 0 Å². The Morgan fingerprint density at radius 2 is 2.00 bits per heavy atom. The van der Waals surface area contributed by atoms with Crippen molar-refractivity contribution >= 4 is 22.6 Å². The maximum Gasteiger partial charge on any atom is 0.279 e. The van der Waals surface area contributed by atoms with E-state index in [4.69, 9.17) is 0 Å². The second-order valence-corrected chi connectivity index (χ2v) is 7.23. The third kappa shape index (κ3) is 4.66. The molecular formula is C11H24ClN3O2S. The number of halogens is 1. The molecule has 18 heavy (non-hydrogen) atoms. The molecule has 0 spiro atoms. The molecule has 0 aromatic carbocycles. The van der Waals surface area contributed by atoms with E-state index in [2.05, 4.69) is 17.0 Å². The highest BCUT2D eigenvalue weighted by atomic mass is 35.5. The minimum atomic E-state index is -3.28. The summed E-state index contributed by atoms with van der Waals surface area (Å²) in [4.78, 5) is 0. The Kier molecular flexibility index (Phi) is 5.86. The van der Waals surface area contributed by atoms with Crippen molar-refractivity contribution in [2.45, 2.75) is 44.7 Å². The Balaban J connectivity index is 0.00000162. The Bertz CT molecular complexity index is 359. The SMILES string of the molecule is CC1CC(NS(=O)(=O)N(C)CC2CC2)CCN1.Cl. The molecule has 2 unspecified atom stereocenters. The Labute approximate surface area is 116 Å². The first-order valence-corrected chi connectivity index (χ1v) is 7.88. The molecule has 0 aromatic rings. The van der Waals surface area contributed by atoms with Crippen LogP contribution in [0.3, 0.4) is 0 Å². The van der Waals surface area contributed by atoms with Gasteiger partial charge in [-0.05, 0) is 45.1 Å². The molecule has 2 fully saturated rings. The third-order valence-corrected chi connectivity index (χ3v) is 5.16. The Hall–Kier alpha value is 0.120. The first kappa shape index (κ1) is 16.2. The van der Waals surface area contributed by atoms with E-state index >= 15 is 0 Å². The van der Waals surface area contributed by atoms with Gasteiger partial charge in [-0.25, -0.2) is 0 Å². The highest BCUT2D eigenvalue weighted by Gasteiger charge is 2.30. The van der Waals surface area contributed by atoms with Crippen molar-refractivity contribution in [3.63, 3.8) is 0 Å². The Morgan fingerprint density at radius 1 is 1.33 bits per heavy atom. The van der Waals surface area contributed by atoms with Crippen molar-refractivity contribution < 1.29 is 8.42 Å².